The Kier molecular flexibility index (Phi) is 4.68. The van der Waals surface area contributed by atoms with Gasteiger partial charge >= 0.3 is 0 Å². The molecule has 0 amide bonds. The maximum absolute atomic E-state index is 12.3. The molecule has 0 saturated carbocycles. The number of aliphatic hydroxyl groups excluding tert-OH is 1. The van der Waals surface area contributed by atoms with Gasteiger partial charge in [0.05, 0.1) is 6.61 Å². The van der Waals surface area contributed by atoms with Crippen molar-refractivity contribution in [3.63, 3.8) is 0 Å². The average Bonchev–Trinajstić information content (AvgIpc) is 2.30. The third kappa shape index (κ3) is 3.95. The fourth-order valence-corrected chi connectivity index (χ4v) is 1.18. The zero-order valence-corrected chi connectivity index (χ0v) is 8.49. The number of nitrogens with one attached hydrogen (secondary N) is 1. The topological polar surface area (TPSA) is 52.5 Å². The summed E-state index contributed by atoms with van der Waals surface area (Å²) in [6.07, 6.45) is 0. The molecule has 4 heteroatoms. The van der Waals surface area contributed by atoms with E-state index < -0.39 is 18.9 Å². The number of hydrogen-bond donors (Lipinski definition) is 3. The predicted molar refractivity (Wildman–Crippen MR) is 56.2 cm³/mol. The van der Waals surface area contributed by atoms with Crippen molar-refractivity contribution in [3.8, 4) is 0 Å². The predicted octanol–water partition coefficient (Wildman–Crippen LogP) is 0.469. The van der Waals surface area contributed by atoms with Crippen LogP contribution in [0.2, 0.25) is 0 Å². The van der Waals surface area contributed by atoms with Crippen molar-refractivity contribution in [1.82, 2.24) is 5.32 Å². The fraction of sp³-hybridized carbons (Fsp3) is 0.455. The van der Waals surface area contributed by atoms with Gasteiger partial charge in [0.15, 0.2) is 0 Å². The summed E-state index contributed by atoms with van der Waals surface area (Å²) >= 11 is 0. The van der Waals surface area contributed by atoms with Crippen molar-refractivity contribution in [1.29, 1.82) is 0 Å². The zero-order valence-electron chi connectivity index (χ0n) is 8.49. The minimum Gasteiger partial charge on any atom is -0.393 e. The van der Waals surface area contributed by atoms with E-state index in [0.29, 0.717) is 6.54 Å². The normalized spacial score (nSPS) is 14.9. The van der Waals surface area contributed by atoms with E-state index >= 15 is 0 Å². The zero-order chi connectivity index (χ0) is 11.1. The van der Waals surface area contributed by atoms with Crippen LogP contribution in [-0.2, 0) is 6.54 Å². The van der Waals surface area contributed by atoms with Gasteiger partial charge in [0.25, 0.3) is 0 Å². The first kappa shape index (κ1) is 12.1. The molecule has 0 aliphatic heterocycles. The van der Waals surface area contributed by atoms with E-state index in [2.05, 4.69) is 5.32 Å². The second-order valence-corrected chi connectivity index (χ2v) is 3.61. The first-order valence-electron chi connectivity index (χ1n) is 4.84. The summed E-state index contributed by atoms with van der Waals surface area (Å²) in [6.45, 7) is -0.950. The molecule has 0 heterocycles. The minimum absolute atomic E-state index is 0.0366. The Morgan fingerprint density at radius 1 is 1.27 bits per heavy atom. The van der Waals surface area contributed by atoms with Crippen LogP contribution in [0, 0.1) is 0 Å². The Labute approximate surface area is 88.6 Å². The van der Waals surface area contributed by atoms with E-state index in [-0.39, 0.29) is 6.54 Å². The molecular formula is C11H16FNO2. The lowest BCUT2D eigenvalue weighted by Crippen LogP contribution is -2.45. The van der Waals surface area contributed by atoms with Crippen LogP contribution in [0.5, 0.6) is 0 Å². The summed E-state index contributed by atoms with van der Waals surface area (Å²) in [5.74, 6) is 0. The summed E-state index contributed by atoms with van der Waals surface area (Å²) in [7, 11) is 0. The highest BCUT2D eigenvalue weighted by Crippen LogP contribution is 2.03. The lowest BCUT2D eigenvalue weighted by Gasteiger charge is -2.22. The molecule has 0 aliphatic rings. The fourth-order valence-electron chi connectivity index (χ4n) is 1.18. The monoisotopic (exact) mass is 213 g/mol. The van der Waals surface area contributed by atoms with Gasteiger partial charge in [-0.2, -0.15) is 0 Å². The first-order chi connectivity index (χ1) is 7.20. The van der Waals surface area contributed by atoms with Gasteiger partial charge in [0.2, 0.25) is 0 Å². The van der Waals surface area contributed by atoms with Crippen LogP contribution < -0.4 is 5.32 Å². The molecule has 15 heavy (non-hydrogen) atoms. The highest BCUT2D eigenvalue weighted by Gasteiger charge is 2.25. The molecule has 3 N–H and O–H groups in total. The van der Waals surface area contributed by atoms with E-state index in [1.54, 1.807) is 0 Å². The van der Waals surface area contributed by atoms with Crippen LogP contribution in [0.1, 0.15) is 5.56 Å². The summed E-state index contributed by atoms with van der Waals surface area (Å²) in [6, 6.07) is 9.59. The number of alkyl halides is 1. The number of aliphatic hydroxyl groups is 2. The number of halogens is 1. The Morgan fingerprint density at radius 3 is 2.47 bits per heavy atom. The lowest BCUT2D eigenvalue weighted by atomic mass is 10.1. The molecule has 0 aromatic heterocycles. The van der Waals surface area contributed by atoms with Gasteiger partial charge in [-0.25, -0.2) is 4.39 Å². The highest BCUT2D eigenvalue weighted by atomic mass is 19.1. The maximum Gasteiger partial charge on any atom is 0.128 e. The smallest absolute Gasteiger partial charge is 0.128 e. The molecule has 1 aromatic rings. The summed E-state index contributed by atoms with van der Waals surface area (Å²) in [5, 5.41) is 21.1. The molecule has 0 saturated heterocycles. The van der Waals surface area contributed by atoms with Crippen molar-refractivity contribution in [2.24, 2.45) is 0 Å². The summed E-state index contributed by atoms with van der Waals surface area (Å²) in [5.41, 5.74) is -0.606. The molecule has 1 atom stereocenters. The van der Waals surface area contributed by atoms with Crippen molar-refractivity contribution in [2.45, 2.75) is 12.1 Å². The molecule has 0 bridgehead atoms. The standard InChI is InChI=1S/C11H16FNO2/c12-7-11(15,9-14)8-13-6-10-4-2-1-3-5-10/h1-5,13-15H,6-9H2/t11-/m0/s1. The number of hydrogen-bond acceptors (Lipinski definition) is 3. The minimum atomic E-state index is -1.66. The molecule has 0 fully saturated rings. The molecule has 1 aromatic carbocycles. The molecule has 1 rings (SSSR count). The first-order valence-corrected chi connectivity index (χ1v) is 4.84. The van der Waals surface area contributed by atoms with Crippen molar-refractivity contribution in [2.75, 3.05) is 19.8 Å². The van der Waals surface area contributed by atoms with Gasteiger partial charge < -0.3 is 15.5 Å². The van der Waals surface area contributed by atoms with E-state index in [0.717, 1.165) is 5.56 Å². The second-order valence-electron chi connectivity index (χ2n) is 3.61. The van der Waals surface area contributed by atoms with Gasteiger partial charge in [-0.15, -0.1) is 0 Å². The Balaban J connectivity index is 2.33. The number of benzene rings is 1. The Morgan fingerprint density at radius 2 is 1.93 bits per heavy atom. The van der Waals surface area contributed by atoms with E-state index in [9.17, 15) is 9.50 Å². The van der Waals surface area contributed by atoms with Crippen LogP contribution in [-0.4, -0.2) is 35.6 Å². The largest absolute Gasteiger partial charge is 0.393 e. The highest BCUT2D eigenvalue weighted by molar-refractivity contribution is 5.14. The SMILES string of the molecule is OC[C@](O)(CF)CNCc1ccccc1. The van der Waals surface area contributed by atoms with E-state index in [4.69, 9.17) is 5.11 Å². The number of rotatable bonds is 6. The van der Waals surface area contributed by atoms with Crippen LogP contribution in [0.25, 0.3) is 0 Å². The average molecular weight is 213 g/mol. The third-order valence-electron chi connectivity index (χ3n) is 2.17. The maximum atomic E-state index is 12.3. The summed E-state index contributed by atoms with van der Waals surface area (Å²) in [4.78, 5) is 0. The Bertz CT molecular complexity index is 275. The van der Waals surface area contributed by atoms with Crippen molar-refractivity contribution >= 4 is 0 Å². The summed E-state index contributed by atoms with van der Waals surface area (Å²) < 4.78 is 12.3. The molecule has 3 nitrogen and oxygen atoms in total. The van der Waals surface area contributed by atoms with Gasteiger partial charge in [-0.3, -0.25) is 0 Å². The van der Waals surface area contributed by atoms with Crippen molar-refractivity contribution in [3.05, 3.63) is 35.9 Å². The lowest BCUT2D eigenvalue weighted by molar-refractivity contribution is -0.0312. The Hall–Kier alpha value is -0.970. The van der Waals surface area contributed by atoms with Crippen molar-refractivity contribution < 1.29 is 14.6 Å². The van der Waals surface area contributed by atoms with Gasteiger partial charge in [-0.1, -0.05) is 30.3 Å². The molecule has 0 radical (unpaired) electrons. The van der Waals surface area contributed by atoms with Crippen LogP contribution in [0.15, 0.2) is 30.3 Å². The molecule has 84 valence electrons. The van der Waals surface area contributed by atoms with E-state index in [1.165, 1.54) is 0 Å². The van der Waals surface area contributed by atoms with Crippen LogP contribution in [0.3, 0.4) is 0 Å². The molecule has 0 spiro atoms. The molecule has 0 unspecified atom stereocenters. The van der Waals surface area contributed by atoms with Crippen LogP contribution in [0.4, 0.5) is 4.39 Å². The van der Waals surface area contributed by atoms with E-state index in [1.807, 2.05) is 30.3 Å². The van der Waals surface area contributed by atoms with Crippen LogP contribution >= 0.6 is 0 Å². The third-order valence-corrected chi connectivity index (χ3v) is 2.17. The molecular weight excluding hydrogens is 197 g/mol. The molecule has 0 aliphatic carbocycles. The van der Waals surface area contributed by atoms with Gasteiger partial charge in [0.1, 0.15) is 12.3 Å². The quantitative estimate of drug-likeness (QED) is 0.644. The van der Waals surface area contributed by atoms with Gasteiger partial charge in [-0.05, 0) is 5.56 Å². The van der Waals surface area contributed by atoms with Gasteiger partial charge in [0, 0.05) is 13.1 Å². The second kappa shape index (κ2) is 5.80.